The largest absolute Gasteiger partial charge is 0.339 e. The molecule has 1 saturated carbocycles. The van der Waals surface area contributed by atoms with Gasteiger partial charge in [0.1, 0.15) is 5.01 Å². The van der Waals surface area contributed by atoms with Crippen LogP contribution in [0.3, 0.4) is 0 Å². The Morgan fingerprint density at radius 1 is 1.39 bits per heavy atom. The molecule has 1 atom stereocenters. The van der Waals surface area contributed by atoms with Crippen molar-refractivity contribution < 1.29 is 9.32 Å². The fraction of sp³-hybridized carbons (Fsp3) is 0.643. The standard InChI is InChI=1S/C14H18N6O2S/c1-8-17-18-14(23-8)15-11(21)7-20-6-2-3-10(20)12-16-13(22-19-12)9-4-5-9/h9-10H,2-7H2,1H3,(H,15,18,21)/t10-/m1/s1. The van der Waals surface area contributed by atoms with Crippen LogP contribution in [0.1, 0.15) is 54.4 Å². The van der Waals surface area contributed by atoms with Crippen LogP contribution in [-0.4, -0.2) is 44.2 Å². The zero-order chi connectivity index (χ0) is 15.8. The summed E-state index contributed by atoms with van der Waals surface area (Å²) in [7, 11) is 0. The summed E-state index contributed by atoms with van der Waals surface area (Å²) >= 11 is 1.37. The summed E-state index contributed by atoms with van der Waals surface area (Å²) in [5, 5.41) is 16.1. The van der Waals surface area contributed by atoms with Gasteiger partial charge in [-0.25, -0.2) is 0 Å². The summed E-state index contributed by atoms with van der Waals surface area (Å²) < 4.78 is 5.35. The van der Waals surface area contributed by atoms with E-state index in [1.54, 1.807) is 0 Å². The molecular formula is C14H18N6O2S. The number of hydrogen-bond acceptors (Lipinski definition) is 8. The lowest BCUT2D eigenvalue weighted by Crippen LogP contribution is -2.33. The summed E-state index contributed by atoms with van der Waals surface area (Å²) in [6, 6.07) is 0.0631. The normalized spacial score (nSPS) is 21.7. The van der Waals surface area contributed by atoms with E-state index in [4.69, 9.17) is 4.52 Å². The molecule has 1 aliphatic carbocycles. The zero-order valence-electron chi connectivity index (χ0n) is 12.9. The van der Waals surface area contributed by atoms with Crippen LogP contribution in [0.5, 0.6) is 0 Å². The first-order chi connectivity index (χ1) is 11.2. The van der Waals surface area contributed by atoms with Crippen molar-refractivity contribution in [1.29, 1.82) is 0 Å². The fourth-order valence-corrected chi connectivity index (χ4v) is 3.48. The van der Waals surface area contributed by atoms with Crippen molar-refractivity contribution in [2.24, 2.45) is 0 Å². The van der Waals surface area contributed by atoms with E-state index in [9.17, 15) is 4.79 Å². The number of anilines is 1. The molecule has 23 heavy (non-hydrogen) atoms. The Morgan fingerprint density at radius 3 is 3.00 bits per heavy atom. The molecule has 0 bridgehead atoms. The molecule has 2 aromatic rings. The maximum atomic E-state index is 12.2. The Labute approximate surface area is 137 Å². The van der Waals surface area contributed by atoms with Gasteiger partial charge in [0.2, 0.25) is 16.9 Å². The Hall–Kier alpha value is -1.87. The number of rotatable bonds is 5. The third kappa shape index (κ3) is 3.25. The predicted molar refractivity (Wildman–Crippen MR) is 83.1 cm³/mol. The number of carbonyl (C=O) groups excluding carboxylic acids is 1. The first-order valence-electron chi connectivity index (χ1n) is 7.86. The molecule has 1 N–H and O–H groups in total. The first kappa shape index (κ1) is 14.7. The number of amides is 1. The van der Waals surface area contributed by atoms with E-state index in [0.29, 0.717) is 23.4 Å². The second-order valence-electron chi connectivity index (χ2n) is 6.07. The number of nitrogens with one attached hydrogen (secondary N) is 1. The monoisotopic (exact) mass is 334 g/mol. The van der Waals surface area contributed by atoms with Gasteiger partial charge in [-0.05, 0) is 39.2 Å². The van der Waals surface area contributed by atoms with E-state index in [1.807, 2.05) is 6.92 Å². The fourth-order valence-electron chi connectivity index (χ4n) is 2.88. The van der Waals surface area contributed by atoms with E-state index < -0.39 is 0 Å². The minimum Gasteiger partial charge on any atom is -0.339 e. The van der Waals surface area contributed by atoms with E-state index in [-0.39, 0.29) is 11.9 Å². The molecule has 1 aliphatic heterocycles. The molecule has 2 aliphatic rings. The van der Waals surface area contributed by atoms with Gasteiger partial charge in [0, 0.05) is 5.92 Å². The molecule has 0 radical (unpaired) electrons. The Bertz CT molecular complexity index is 710. The molecule has 0 aromatic carbocycles. The highest BCUT2D eigenvalue weighted by Gasteiger charge is 2.34. The first-order valence-corrected chi connectivity index (χ1v) is 8.68. The van der Waals surface area contributed by atoms with Crippen LogP contribution in [0.25, 0.3) is 0 Å². The van der Waals surface area contributed by atoms with Gasteiger partial charge >= 0.3 is 0 Å². The number of likely N-dealkylation sites (tertiary alicyclic amines) is 1. The lowest BCUT2D eigenvalue weighted by Gasteiger charge is -2.20. The molecule has 2 fully saturated rings. The Balaban J connectivity index is 1.39. The van der Waals surface area contributed by atoms with Crippen molar-refractivity contribution in [3.8, 4) is 0 Å². The Morgan fingerprint density at radius 2 is 2.26 bits per heavy atom. The molecule has 1 amide bonds. The highest BCUT2D eigenvalue weighted by Crippen LogP contribution is 2.40. The van der Waals surface area contributed by atoms with Crippen LogP contribution < -0.4 is 5.32 Å². The van der Waals surface area contributed by atoms with E-state index in [0.717, 1.165) is 43.1 Å². The van der Waals surface area contributed by atoms with Crippen LogP contribution in [0, 0.1) is 6.92 Å². The minimum absolute atomic E-state index is 0.0631. The van der Waals surface area contributed by atoms with Gasteiger partial charge in [-0.15, -0.1) is 10.2 Å². The summed E-state index contributed by atoms with van der Waals surface area (Å²) in [5.74, 6) is 1.83. The lowest BCUT2D eigenvalue weighted by atomic mass is 10.2. The zero-order valence-corrected chi connectivity index (χ0v) is 13.7. The number of aryl methyl sites for hydroxylation is 1. The molecule has 3 heterocycles. The maximum Gasteiger partial charge on any atom is 0.240 e. The maximum absolute atomic E-state index is 12.2. The summed E-state index contributed by atoms with van der Waals surface area (Å²) in [6.45, 7) is 3.02. The van der Waals surface area contributed by atoms with Gasteiger partial charge in [0.25, 0.3) is 0 Å². The SMILES string of the molecule is Cc1nnc(NC(=O)CN2CCC[C@@H]2c2noc(C3CC3)n2)s1. The van der Waals surface area contributed by atoms with Crippen molar-refractivity contribution in [2.45, 2.75) is 44.6 Å². The number of carbonyl (C=O) groups is 1. The van der Waals surface area contributed by atoms with Crippen molar-refractivity contribution in [3.05, 3.63) is 16.7 Å². The van der Waals surface area contributed by atoms with Gasteiger partial charge in [0.05, 0.1) is 12.6 Å². The van der Waals surface area contributed by atoms with Crippen LogP contribution in [0.15, 0.2) is 4.52 Å². The van der Waals surface area contributed by atoms with Crippen LogP contribution in [0.4, 0.5) is 5.13 Å². The van der Waals surface area contributed by atoms with Crippen molar-refractivity contribution in [3.63, 3.8) is 0 Å². The molecule has 8 nitrogen and oxygen atoms in total. The van der Waals surface area contributed by atoms with Crippen LogP contribution in [-0.2, 0) is 4.79 Å². The van der Waals surface area contributed by atoms with Gasteiger partial charge in [-0.1, -0.05) is 16.5 Å². The third-order valence-corrected chi connectivity index (χ3v) is 4.92. The minimum atomic E-state index is -0.0843. The molecule has 0 unspecified atom stereocenters. The highest BCUT2D eigenvalue weighted by molar-refractivity contribution is 7.15. The average molecular weight is 334 g/mol. The van der Waals surface area contributed by atoms with Crippen molar-refractivity contribution in [2.75, 3.05) is 18.4 Å². The summed E-state index contributed by atoms with van der Waals surface area (Å²) in [4.78, 5) is 18.8. The predicted octanol–water partition coefficient (Wildman–Crippen LogP) is 1.88. The second kappa shape index (κ2) is 5.97. The molecule has 0 spiro atoms. The highest BCUT2D eigenvalue weighted by atomic mass is 32.1. The van der Waals surface area contributed by atoms with Crippen LogP contribution >= 0.6 is 11.3 Å². The molecule has 4 rings (SSSR count). The van der Waals surface area contributed by atoms with Crippen molar-refractivity contribution in [1.82, 2.24) is 25.2 Å². The number of aromatic nitrogens is 4. The number of nitrogens with zero attached hydrogens (tertiary/aromatic N) is 5. The Kier molecular flexibility index (Phi) is 3.82. The topological polar surface area (TPSA) is 97.0 Å². The average Bonchev–Trinajstić information content (AvgIpc) is 2.91. The van der Waals surface area contributed by atoms with Gasteiger partial charge in [0.15, 0.2) is 5.82 Å². The van der Waals surface area contributed by atoms with E-state index >= 15 is 0 Å². The van der Waals surface area contributed by atoms with Crippen LogP contribution in [0.2, 0.25) is 0 Å². The smallest absolute Gasteiger partial charge is 0.240 e. The van der Waals surface area contributed by atoms with Gasteiger partial charge in [-0.2, -0.15) is 4.98 Å². The van der Waals surface area contributed by atoms with Crippen molar-refractivity contribution >= 4 is 22.4 Å². The van der Waals surface area contributed by atoms with Gasteiger partial charge in [-0.3, -0.25) is 15.0 Å². The molecule has 1 saturated heterocycles. The summed E-state index contributed by atoms with van der Waals surface area (Å²) in [5.41, 5.74) is 0. The molecule has 122 valence electrons. The number of hydrogen-bond donors (Lipinski definition) is 1. The lowest BCUT2D eigenvalue weighted by molar-refractivity contribution is -0.117. The summed E-state index contributed by atoms with van der Waals surface area (Å²) in [6.07, 6.45) is 4.26. The van der Waals surface area contributed by atoms with Gasteiger partial charge < -0.3 is 4.52 Å². The third-order valence-electron chi connectivity index (χ3n) is 4.16. The quantitative estimate of drug-likeness (QED) is 0.891. The molecule has 9 heteroatoms. The molecule has 2 aromatic heterocycles. The molecular weight excluding hydrogens is 316 g/mol. The van der Waals surface area contributed by atoms with E-state index in [2.05, 4.69) is 30.6 Å². The van der Waals surface area contributed by atoms with E-state index in [1.165, 1.54) is 11.3 Å². The second-order valence-corrected chi connectivity index (χ2v) is 7.25.